The zero-order valence-electron chi connectivity index (χ0n) is 19.3. The van der Waals surface area contributed by atoms with Gasteiger partial charge in [-0.15, -0.1) is 0 Å². The van der Waals surface area contributed by atoms with Crippen LogP contribution in [0.2, 0.25) is 58.9 Å². The molecule has 162 valence electrons. The van der Waals surface area contributed by atoms with Gasteiger partial charge in [-0.1, -0.05) is 30.3 Å². The highest BCUT2D eigenvalue weighted by atomic mass is 28.5. The van der Waals surface area contributed by atoms with Crippen LogP contribution in [0.1, 0.15) is 0 Å². The lowest BCUT2D eigenvalue weighted by Gasteiger charge is -2.43. The van der Waals surface area contributed by atoms with Crippen LogP contribution in [0.4, 0.5) is 0 Å². The smallest absolute Gasteiger partial charge is 0.351 e. The lowest BCUT2D eigenvalue weighted by molar-refractivity contribution is 0.248. The van der Waals surface area contributed by atoms with E-state index in [0.717, 1.165) is 5.19 Å². The molecule has 0 N–H and O–H groups in total. The molecule has 0 amide bonds. The van der Waals surface area contributed by atoms with Gasteiger partial charge >= 0.3 is 42.8 Å². The van der Waals surface area contributed by atoms with Crippen LogP contribution in [0, 0.1) is 0 Å². The Morgan fingerprint density at radius 3 is 1.18 bits per heavy atom. The molecule has 1 aromatic rings. The second-order valence-corrected chi connectivity index (χ2v) is 26.5. The van der Waals surface area contributed by atoms with Gasteiger partial charge in [0, 0.05) is 14.2 Å². The number of hydrogen-bond donors (Lipinski definition) is 0. The van der Waals surface area contributed by atoms with E-state index in [9.17, 15) is 0 Å². The molecule has 0 bridgehead atoms. The van der Waals surface area contributed by atoms with Crippen molar-refractivity contribution in [3.8, 4) is 0 Å². The lowest BCUT2D eigenvalue weighted by Crippen LogP contribution is -2.65. The predicted octanol–water partition coefficient (Wildman–Crippen LogP) is 4.13. The number of benzene rings is 1. The van der Waals surface area contributed by atoms with Crippen molar-refractivity contribution in [2.24, 2.45) is 0 Å². The standard InChI is InChI=1S/C17H38O6Si5/c1-18-24(3,4)20-26(7,8)22-28(11,17-15-13-12-14-16-17)23-27(9,10)21-25(5,6)19-2/h12-16H,1-11H3. The Labute approximate surface area is 176 Å². The third-order valence-corrected chi connectivity index (χ3v) is 22.4. The van der Waals surface area contributed by atoms with Crippen molar-refractivity contribution in [1.29, 1.82) is 0 Å². The summed E-state index contributed by atoms with van der Waals surface area (Å²) in [4.78, 5) is 0. The van der Waals surface area contributed by atoms with Crippen molar-refractivity contribution in [3.63, 3.8) is 0 Å². The topological polar surface area (TPSA) is 55.4 Å². The van der Waals surface area contributed by atoms with E-state index in [-0.39, 0.29) is 0 Å². The van der Waals surface area contributed by atoms with E-state index in [4.69, 9.17) is 25.3 Å². The van der Waals surface area contributed by atoms with Gasteiger partial charge in [0.15, 0.2) is 0 Å². The quantitative estimate of drug-likeness (QED) is 0.446. The summed E-state index contributed by atoms with van der Waals surface area (Å²) >= 11 is 0. The van der Waals surface area contributed by atoms with Crippen molar-refractivity contribution >= 4 is 48.0 Å². The molecular weight excluding hydrogens is 441 g/mol. The maximum absolute atomic E-state index is 6.75. The van der Waals surface area contributed by atoms with Gasteiger partial charge in [0.1, 0.15) is 0 Å². The molecule has 11 heteroatoms. The first-order valence-electron chi connectivity index (χ1n) is 9.52. The molecule has 0 spiro atoms. The third kappa shape index (κ3) is 8.43. The number of hydrogen-bond acceptors (Lipinski definition) is 6. The Kier molecular flexibility index (Phi) is 8.83. The Balaban J connectivity index is 3.21. The highest BCUT2D eigenvalue weighted by Gasteiger charge is 2.49. The lowest BCUT2D eigenvalue weighted by atomic mass is 10.4. The minimum atomic E-state index is -2.81. The van der Waals surface area contributed by atoms with Gasteiger partial charge in [-0.05, 0) is 64.1 Å². The molecule has 0 radical (unpaired) electrons. The fraction of sp³-hybridized carbons (Fsp3) is 0.647. The molecule has 0 atom stereocenters. The zero-order chi connectivity index (χ0) is 21.9. The Morgan fingerprint density at radius 2 is 0.857 bits per heavy atom. The van der Waals surface area contributed by atoms with Gasteiger partial charge < -0.3 is 25.3 Å². The highest BCUT2D eigenvalue weighted by molar-refractivity contribution is 6.94. The second-order valence-electron chi connectivity index (χ2n) is 8.73. The Morgan fingerprint density at radius 1 is 0.500 bits per heavy atom. The van der Waals surface area contributed by atoms with Crippen LogP contribution in [-0.4, -0.2) is 57.0 Å². The van der Waals surface area contributed by atoms with Gasteiger partial charge in [0.25, 0.3) is 0 Å². The van der Waals surface area contributed by atoms with Crippen LogP contribution >= 0.6 is 0 Å². The van der Waals surface area contributed by atoms with E-state index < -0.39 is 42.8 Å². The molecule has 0 aromatic heterocycles. The van der Waals surface area contributed by atoms with Crippen molar-refractivity contribution < 1.29 is 25.3 Å². The molecule has 0 heterocycles. The maximum atomic E-state index is 6.75. The first kappa shape index (κ1) is 26.1. The summed E-state index contributed by atoms with van der Waals surface area (Å²) in [5, 5.41) is 1.07. The zero-order valence-corrected chi connectivity index (χ0v) is 24.3. The molecule has 6 nitrogen and oxygen atoms in total. The normalized spacial score (nSPS) is 14.4. The van der Waals surface area contributed by atoms with E-state index >= 15 is 0 Å². The van der Waals surface area contributed by atoms with Crippen LogP contribution in [-0.2, 0) is 25.3 Å². The molecule has 1 rings (SSSR count). The SMILES string of the molecule is CO[Si](C)(C)O[Si](C)(C)O[Si](C)(O[Si](C)(C)O[Si](C)(C)OC)c1ccccc1. The average molecular weight is 479 g/mol. The fourth-order valence-electron chi connectivity index (χ4n) is 3.13. The molecule has 1 aromatic carbocycles. The summed E-state index contributed by atoms with van der Waals surface area (Å²) in [6.45, 7) is 18.4. The monoisotopic (exact) mass is 478 g/mol. The summed E-state index contributed by atoms with van der Waals surface area (Å²) < 4.78 is 37.4. The van der Waals surface area contributed by atoms with E-state index in [0.29, 0.717) is 0 Å². The second kappa shape index (κ2) is 9.47. The van der Waals surface area contributed by atoms with Gasteiger partial charge in [-0.3, -0.25) is 0 Å². The molecule has 0 aliphatic rings. The van der Waals surface area contributed by atoms with E-state index in [2.05, 4.69) is 44.9 Å². The van der Waals surface area contributed by atoms with Crippen LogP contribution < -0.4 is 5.19 Å². The van der Waals surface area contributed by atoms with E-state index in [1.165, 1.54) is 0 Å². The molecular formula is C17H38O6Si5. The molecule has 28 heavy (non-hydrogen) atoms. The molecule has 0 aliphatic heterocycles. The van der Waals surface area contributed by atoms with E-state index in [1.54, 1.807) is 14.2 Å². The van der Waals surface area contributed by atoms with Crippen LogP contribution in [0.25, 0.3) is 0 Å². The summed E-state index contributed by atoms with van der Waals surface area (Å²) in [6, 6.07) is 10.2. The molecule has 0 saturated heterocycles. The van der Waals surface area contributed by atoms with Crippen LogP contribution in [0.3, 0.4) is 0 Å². The predicted molar refractivity (Wildman–Crippen MR) is 126 cm³/mol. The largest absolute Gasteiger partial charge is 0.415 e. The summed E-state index contributed by atoms with van der Waals surface area (Å²) in [5.74, 6) is 0. The Bertz CT molecular complexity index is 592. The van der Waals surface area contributed by atoms with Crippen molar-refractivity contribution in [2.45, 2.75) is 58.9 Å². The van der Waals surface area contributed by atoms with E-state index in [1.807, 2.05) is 44.4 Å². The first-order valence-corrected chi connectivity index (χ1v) is 23.1. The summed E-state index contributed by atoms with van der Waals surface area (Å²) in [5.41, 5.74) is 0. The average Bonchev–Trinajstić information content (AvgIpc) is 2.52. The van der Waals surface area contributed by atoms with Gasteiger partial charge in [0.2, 0.25) is 0 Å². The van der Waals surface area contributed by atoms with Crippen molar-refractivity contribution in [3.05, 3.63) is 30.3 Å². The van der Waals surface area contributed by atoms with Gasteiger partial charge in [0.05, 0.1) is 0 Å². The number of rotatable bonds is 11. The maximum Gasteiger partial charge on any atom is 0.351 e. The molecule has 0 aliphatic carbocycles. The fourth-order valence-corrected chi connectivity index (χ4v) is 24.1. The Hall–Kier alpha value is 0.0644. The third-order valence-electron chi connectivity index (χ3n) is 4.15. The van der Waals surface area contributed by atoms with Crippen molar-refractivity contribution in [2.75, 3.05) is 14.2 Å². The first-order chi connectivity index (χ1) is 12.6. The minimum absolute atomic E-state index is 1.07. The summed E-state index contributed by atoms with van der Waals surface area (Å²) in [6.07, 6.45) is 0. The van der Waals surface area contributed by atoms with Gasteiger partial charge in [-0.25, -0.2) is 0 Å². The molecule has 0 saturated carbocycles. The summed E-state index contributed by atoms with van der Waals surface area (Å²) in [7, 11) is -8.96. The molecule has 0 fully saturated rings. The minimum Gasteiger partial charge on any atom is -0.415 e. The van der Waals surface area contributed by atoms with Crippen LogP contribution in [0.5, 0.6) is 0 Å². The van der Waals surface area contributed by atoms with Crippen LogP contribution in [0.15, 0.2) is 30.3 Å². The molecule has 0 unspecified atom stereocenters. The van der Waals surface area contributed by atoms with Gasteiger partial charge in [-0.2, -0.15) is 0 Å². The highest BCUT2D eigenvalue weighted by Crippen LogP contribution is 2.26. The van der Waals surface area contributed by atoms with Crippen molar-refractivity contribution in [1.82, 2.24) is 0 Å².